The van der Waals surface area contributed by atoms with Crippen molar-refractivity contribution in [1.82, 2.24) is 10.2 Å². The molecule has 20 heteroatoms. The lowest BCUT2D eigenvalue weighted by Crippen LogP contribution is -2.54. The summed E-state index contributed by atoms with van der Waals surface area (Å²) in [6, 6.07) is 3.90. The molecule has 2 aliphatic heterocycles. The highest BCUT2D eigenvalue weighted by molar-refractivity contribution is 9.09. The Labute approximate surface area is 354 Å². The third-order valence-electron chi connectivity index (χ3n) is 8.34. The molecule has 0 aliphatic carbocycles. The summed E-state index contributed by atoms with van der Waals surface area (Å²) in [6.07, 6.45) is 0.167. The third-order valence-corrected chi connectivity index (χ3v) is 8.67. The first-order chi connectivity index (χ1) is 29.0. The van der Waals surface area contributed by atoms with Crippen LogP contribution in [0, 0.1) is 0 Å². The van der Waals surface area contributed by atoms with E-state index in [-0.39, 0.29) is 24.0 Å². The fourth-order valence-electron chi connectivity index (χ4n) is 5.50. The Hall–Kier alpha value is -2.70. The molecule has 3 rings (SSSR count). The number of piperidine rings is 1. The van der Waals surface area contributed by atoms with Gasteiger partial charge in [-0.1, -0.05) is 22.0 Å². The molecule has 1 aromatic carbocycles. The Bertz CT molecular complexity index is 1310. The van der Waals surface area contributed by atoms with Gasteiger partial charge in [0.1, 0.15) is 6.04 Å². The highest BCUT2D eigenvalue weighted by atomic mass is 79.9. The lowest BCUT2D eigenvalue weighted by Gasteiger charge is -2.27. The van der Waals surface area contributed by atoms with Gasteiger partial charge in [0.25, 0.3) is 11.8 Å². The van der Waals surface area contributed by atoms with Gasteiger partial charge in [0, 0.05) is 24.0 Å². The van der Waals surface area contributed by atoms with Gasteiger partial charge in [-0.25, -0.2) is 0 Å². The topological polar surface area (TPSA) is 206 Å². The van der Waals surface area contributed by atoms with Crippen LogP contribution in [0.5, 0.6) is 0 Å². The zero-order chi connectivity index (χ0) is 42.0. The van der Waals surface area contributed by atoms with Crippen molar-refractivity contribution in [2.45, 2.75) is 18.9 Å². The van der Waals surface area contributed by atoms with Crippen LogP contribution >= 0.6 is 15.9 Å². The fraction of sp³-hybridized carbons (Fsp3) is 0.744. The predicted molar refractivity (Wildman–Crippen MR) is 215 cm³/mol. The standard InChI is InChI=1S/C39H62BrN3O16/c40-6-8-48-10-12-50-14-16-52-18-20-54-22-24-56-26-28-58-30-31-59-29-27-57-25-23-55-21-19-53-17-15-51-13-11-49-9-7-41-33-3-1-2-32-36(33)39(47)43(38(32)46)34-4-5-35(44)42-37(34)45/h1-3,34,41H,4-31H2,(H,42,44,45). The maximum Gasteiger partial charge on any atom is 0.264 e. The molecule has 336 valence electrons. The number of carbonyl (C=O) groups is 4. The number of hydrogen-bond donors (Lipinski definition) is 2. The first kappa shape index (κ1) is 50.7. The predicted octanol–water partition coefficient (Wildman–Crippen LogP) is 1.09. The van der Waals surface area contributed by atoms with E-state index in [1.54, 1.807) is 18.2 Å². The van der Waals surface area contributed by atoms with Crippen LogP contribution in [0.25, 0.3) is 0 Å². The minimum absolute atomic E-state index is 0.0644. The van der Waals surface area contributed by atoms with Gasteiger partial charge in [-0.15, -0.1) is 0 Å². The second-order valence-electron chi connectivity index (χ2n) is 12.6. The Morgan fingerprint density at radius 3 is 1.27 bits per heavy atom. The molecular weight excluding hydrogens is 846 g/mol. The second-order valence-corrected chi connectivity index (χ2v) is 13.4. The molecule has 1 atom stereocenters. The molecule has 0 bridgehead atoms. The lowest BCUT2D eigenvalue weighted by molar-refractivity contribution is -0.136. The Kier molecular flexibility index (Phi) is 29.1. The van der Waals surface area contributed by atoms with Gasteiger partial charge >= 0.3 is 0 Å². The molecule has 1 fully saturated rings. The maximum atomic E-state index is 13.2. The number of alkyl halides is 1. The number of anilines is 1. The Morgan fingerprint density at radius 1 is 0.525 bits per heavy atom. The number of carbonyl (C=O) groups excluding carboxylic acids is 4. The van der Waals surface area contributed by atoms with Gasteiger partial charge in [-0.05, 0) is 18.6 Å². The molecule has 2 aliphatic rings. The van der Waals surface area contributed by atoms with E-state index in [4.69, 9.17) is 56.8 Å². The molecule has 2 heterocycles. The van der Waals surface area contributed by atoms with E-state index >= 15 is 0 Å². The van der Waals surface area contributed by atoms with Crippen molar-refractivity contribution in [2.75, 3.05) is 176 Å². The lowest BCUT2D eigenvalue weighted by atomic mass is 10.0. The molecule has 4 amide bonds. The van der Waals surface area contributed by atoms with Crippen LogP contribution in [0.15, 0.2) is 18.2 Å². The van der Waals surface area contributed by atoms with Crippen molar-refractivity contribution in [3.05, 3.63) is 29.3 Å². The normalized spacial score (nSPS) is 15.3. The average Bonchev–Trinajstić information content (AvgIpc) is 3.49. The van der Waals surface area contributed by atoms with Gasteiger partial charge in [-0.2, -0.15) is 0 Å². The van der Waals surface area contributed by atoms with E-state index in [9.17, 15) is 19.2 Å². The van der Waals surface area contributed by atoms with Crippen LogP contribution in [0.1, 0.15) is 33.6 Å². The van der Waals surface area contributed by atoms with Crippen LogP contribution in [0.3, 0.4) is 0 Å². The van der Waals surface area contributed by atoms with Crippen LogP contribution in [0.2, 0.25) is 0 Å². The van der Waals surface area contributed by atoms with Crippen LogP contribution < -0.4 is 10.6 Å². The number of hydrogen-bond acceptors (Lipinski definition) is 17. The average molecular weight is 909 g/mol. The summed E-state index contributed by atoms with van der Waals surface area (Å²) in [5, 5.41) is 6.16. The van der Waals surface area contributed by atoms with Gasteiger partial charge < -0.3 is 62.2 Å². The SMILES string of the molecule is O=C1CCC(N2C(=O)c3cccc(NCCOCCOCCOCCOCCOCCOCCOCCOCCOCCOCCOCCOCCBr)c3C2=O)C(=O)N1. The second kappa shape index (κ2) is 34.0. The number of amides is 4. The minimum atomic E-state index is -1.01. The molecule has 1 aromatic rings. The molecule has 2 N–H and O–H groups in total. The molecule has 0 spiro atoms. The maximum absolute atomic E-state index is 13.2. The minimum Gasteiger partial charge on any atom is -0.382 e. The smallest absolute Gasteiger partial charge is 0.264 e. The van der Waals surface area contributed by atoms with Gasteiger partial charge in [-0.3, -0.25) is 29.4 Å². The molecule has 0 aromatic heterocycles. The summed E-state index contributed by atoms with van der Waals surface area (Å²) >= 11 is 3.30. The monoisotopic (exact) mass is 907 g/mol. The molecule has 0 radical (unpaired) electrons. The quantitative estimate of drug-likeness (QED) is 0.0537. The van der Waals surface area contributed by atoms with E-state index in [0.717, 1.165) is 10.2 Å². The summed E-state index contributed by atoms with van der Waals surface area (Å²) in [6.45, 7) is 11.9. The highest BCUT2D eigenvalue weighted by Crippen LogP contribution is 2.32. The van der Waals surface area contributed by atoms with E-state index < -0.39 is 29.7 Å². The van der Waals surface area contributed by atoms with Gasteiger partial charge in [0.05, 0.1) is 170 Å². The van der Waals surface area contributed by atoms with Crippen LogP contribution in [-0.4, -0.2) is 205 Å². The number of nitrogens with one attached hydrogen (secondary N) is 2. The number of benzene rings is 1. The molecular formula is C39H62BrN3O16. The zero-order valence-electron chi connectivity index (χ0n) is 34.0. The van der Waals surface area contributed by atoms with Crippen molar-refractivity contribution in [1.29, 1.82) is 0 Å². The summed E-state index contributed by atoms with van der Waals surface area (Å²) in [5.74, 6) is -2.17. The third kappa shape index (κ3) is 22.1. The summed E-state index contributed by atoms with van der Waals surface area (Å²) in [7, 11) is 0. The fourth-order valence-corrected chi connectivity index (χ4v) is 5.72. The van der Waals surface area contributed by atoms with E-state index in [1.165, 1.54) is 0 Å². The Morgan fingerprint density at radius 2 is 0.898 bits per heavy atom. The number of rotatable bonds is 40. The summed E-state index contributed by atoms with van der Waals surface area (Å²) in [4.78, 5) is 50.9. The van der Waals surface area contributed by atoms with Crippen molar-refractivity contribution in [3.63, 3.8) is 0 Å². The van der Waals surface area contributed by atoms with E-state index in [2.05, 4.69) is 26.6 Å². The number of imide groups is 2. The number of fused-ring (bicyclic) bond motifs is 1. The first-order valence-electron chi connectivity index (χ1n) is 20.1. The molecule has 1 unspecified atom stereocenters. The van der Waals surface area contributed by atoms with Crippen molar-refractivity contribution in [3.8, 4) is 0 Å². The number of halogens is 1. The molecule has 19 nitrogen and oxygen atoms in total. The van der Waals surface area contributed by atoms with E-state index in [0.29, 0.717) is 171 Å². The van der Waals surface area contributed by atoms with Gasteiger partial charge in [0.15, 0.2) is 0 Å². The van der Waals surface area contributed by atoms with Crippen molar-refractivity contribution >= 4 is 45.2 Å². The summed E-state index contributed by atoms with van der Waals surface area (Å²) < 4.78 is 65.7. The molecule has 0 saturated carbocycles. The van der Waals surface area contributed by atoms with E-state index in [1.807, 2.05) is 0 Å². The number of nitrogens with zero attached hydrogens (tertiary/aromatic N) is 1. The molecule has 1 saturated heterocycles. The highest BCUT2D eigenvalue weighted by Gasteiger charge is 2.45. The van der Waals surface area contributed by atoms with Gasteiger partial charge in [0.2, 0.25) is 11.8 Å². The zero-order valence-corrected chi connectivity index (χ0v) is 35.6. The van der Waals surface area contributed by atoms with Crippen LogP contribution in [0.4, 0.5) is 5.69 Å². The largest absolute Gasteiger partial charge is 0.382 e. The van der Waals surface area contributed by atoms with Crippen LogP contribution in [-0.2, 0) is 66.4 Å². The summed E-state index contributed by atoms with van der Waals surface area (Å²) in [5.41, 5.74) is 0.904. The molecule has 59 heavy (non-hydrogen) atoms. The van der Waals surface area contributed by atoms with Crippen molar-refractivity contribution < 1.29 is 76.0 Å². The number of ether oxygens (including phenoxy) is 12. The Balaban J connectivity index is 0.981. The van der Waals surface area contributed by atoms with Crippen molar-refractivity contribution in [2.24, 2.45) is 0 Å². The first-order valence-corrected chi connectivity index (χ1v) is 21.2.